The van der Waals surface area contributed by atoms with Crippen LogP contribution < -0.4 is 0 Å². The number of carbonyl (C=O) groups excluding carboxylic acids is 1. The average molecular weight is 341 g/mol. The molecule has 2 aromatic heterocycles. The summed E-state index contributed by atoms with van der Waals surface area (Å²) in [5, 5.41) is 6.97. The van der Waals surface area contributed by atoms with Crippen LogP contribution in [0.1, 0.15) is 54.1 Å². The minimum Gasteiger partial charge on any atom is -0.340 e. The van der Waals surface area contributed by atoms with Crippen LogP contribution in [0, 0.1) is 5.82 Å². The molecule has 3 aromatic rings. The van der Waals surface area contributed by atoms with Gasteiger partial charge in [0.2, 0.25) is 0 Å². The standard InChI is InChI=1S/C18H20FN5O/c1-2-4-13-12(10-20-23-13)18(25)24-8-3-5-16(24)17-21-14-7-6-11(19)9-15(14)22-17/h6-7,9-10,16H,2-5,8H2,1H3,(H,20,23)(H,21,22). The first-order valence-electron chi connectivity index (χ1n) is 8.65. The number of carbonyl (C=O) groups is 1. The Labute approximate surface area is 144 Å². The van der Waals surface area contributed by atoms with Crippen LogP contribution in [0.2, 0.25) is 0 Å². The van der Waals surface area contributed by atoms with E-state index in [0.717, 1.165) is 31.4 Å². The maximum Gasteiger partial charge on any atom is 0.257 e. The molecule has 1 amide bonds. The molecule has 1 fully saturated rings. The summed E-state index contributed by atoms with van der Waals surface area (Å²) in [4.78, 5) is 22.6. The third-order valence-corrected chi connectivity index (χ3v) is 4.74. The van der Waals surface area contributed by atoms with Crippen LogP contribution in [-0.2, 0) is 6.42 Å². The highest BCUT2D eigenvalue weighted by molar-refractivity contribution is 5.95. The molecule has 4 rings (SSSR count). The van der Waals surface area contributed by atoms with Crippen molar-refractivity contribution in [3.8, 4) is 0 Å². The summed E-state index contributed by atoms with van der Waals surface area (Å²) in [6, 6.07) is 4.36. The second kappa shape index (κ2) is 6.31. The van der Waals surface area contributed by atoms with Gasteiger partial charge in [-0.1, -0.05) is 13.3 Å². The zero-order chi connectivity index (χ0) is 17.4. The van der Waals surface area contributed by atoms with Gasteiger partial charge in [0.1, 0.15) is 11.6 Å². The maximum atomic E-state index is 13.4. The number of imidazole rings is 1. The van der Waals surface area contributed by atoms with Crippen LogP contribution in [0.25, 0.3) is 11.0 Å². The number of fused-ring (bicyclic) bond motifs is 1. The van der Waals surface area contributed by atoms with Crippen LogP contribution in [0.3, 0.4) is 0 Å². The Hall–Kier alpha value is -2.70. The summed E-state index contributed by atoms with van der Waals surface area (Å²) in [7, 11) is 0. The Morgan fingerprint density at radius 1 is 1.44 bits per heavy atom. The van der Waals surface area contributed by atoms with Crippen molar-refractivity contribution in [3.05, 3.63) is 47.3 Å². The fraction of sp³-hybridized carbons (Fsp3) is 0.389. The zero-order valence-corrected chi connectivity index (χ0v) is 14.1. The summed E-state index contributed by atoms with van der Waals surface area (Å²) in [5.74, 6) is 0.392. The summed E-state index contributed by atoms with van der Waals surface area (Å²) in [6.45, 7) is 2.76. The van der Waals surface area contributed by atoms with Crippen molar-refractivity contribution in [3.63, 3.8) is 0 Å². The van der Waals surface area contributed by atoms with Gasteiger partial charge in [-0.25, -0.2) is 9.37 Å². The first kappa shape index (κ1) is 15.8. The third-order valence-electron chi connectivity index (χ3n) is 4.74. The molecule has 1 unspecified atom stereocenters. The van der Waals surface area contributed by atoms with Crippen molar-refractivity contribution in [2.45, 2.75) is 38.6 Å². The molecule has 1 saturated heterocycles. The van der Waals surface area contributed by atoms with Gasteiger partial charge in [0.25, 0.3) is 5.91 Å². The van der Waals surface area contributed by atoms with E-state index < -0.39 is 0 Å². The number of nitrogens with zero attached hydrogens (tertiary/aromatic N) is 3. The monoisotopic (exact) mass is 341 g/mol. The van der Waals surface area contributed by atoms with Gasteiger partial charge in [0.05, 0.1) is 28.8 Å². The Morgan fingerprint density at radius 3 is 3.16 bits per heavy atom. The molecule has 0 radical (unpaired) electrons. The predicted octanol–water partition coefficient (Wildman–Crippen LogP) is 3.35. The lowest BCUT2D eigenvalue weighted by Gasteiger charge is -2.23. The molecule has 7 heteroatoms. The highest BCUT2D eigenvalue weighted by Crippen LogP contribution is 2.33. The van der Waals surface area contributed by atoms with Crippen molar-refractivity contribution in [2.75, 3.05) is 6.54 Å². The van der Waals surface area contributed by atoms with E-state index in [4.69, 9.17) is 0 Å². The smallest absolute Gasteiger partial charge is 0.257 e. The lowest BCUT2D eigenvalue weighted by molar-refractivity contribution is 0.0729. The Morgan fingerprint density at radius 2 is 2.32 bits per heavy atom. The number of halogens is 1. The second-order valence-corrected chi connectivity index (χ2v) is 6.45. The van der Waals surface area contributed by atoms with E-state index in [1.807, 2.05) is 4.90 Å². The number of nitrogens with one attached hydrogen (secondary N) is 2. The number of amides is 1. The molecule has 0 spiro atoms. The highest BCUT2D eigenvalue weighted by atomic mass is 19.1. The molecule has 130 valence electrons. The molecule has 0 aliphatic carbocycles. The van der Waals surface area contributed by atoms with Crippen LogP contribution >= 0.6 is 0 Å². The topological polar surface area (TPSA) is 77.7 Å². The minimum absolute atomic E-state index is 0.0219. The van der Waals surface area contributed by atoms with Gasteiger partial charge in [-0.3, -0.25) is 9.89 Å². The highest BCUT2D eigenvalue weighted by Gasteiger charge is 2.34. The van der Waals surface area contributed by atoms with E-state index in [9.17, 15) is 9.18 Å². The maximum absolute atomic E-state index is 13.4. The molecule has 0 bridgehead atoms. The number of aromatic amines is 2. The number of hydrogen-bond donors (Lipinski definition) is 2. The molecule has 1 aliphatic heterocycles. The summed E-state index contributed by atoms with van der Waals surface area (Å²) >= 11 is 0. The Balaban J connectivity index is 1.65. The number of benzene rings is 1. The first-order valence-corrected chi connectivity index (χ1v) is 8.65. The van der Waals surface area contributed by atoms with Crippen molar-refractivity contribution >= 4 is 16.9 Å². The molecule has 1 atom stereocenters. The van der Waals surface area contributed by atoms with Crippen LogP contribution in [0.15, 0.2) is 24.4 Å². The van der Waals surface area contributed by atoms with Gasteiger partial charge in [0, 0.05) is 12.2 Å². The van der Waals surface area contributed by atoms with E-state index >= 15 is 0 Å². The molecule has 3 heterocycles. The fourth-order valence-electron chi connectivity index (χ4n) is 3.55. The van der Waals surface area contributed by atoms with E-state index in [-0.39, 0.29) is 17.8 Å². The molecule has 25 heavy (non-hydrogen) atoms. The fourth-order valence-corrected chi connectivity index (χ4v) is 3.55. The Kier molecular flexibility index (Phi) is 3.99. The number of H-pyrrole nitrogens is 2. The van der Waals surface area contributed by atoms with Gasteiger partial charge in [-0.05, 0) is 37.5 Å². The predicted molar refractivity (Wildman–Crippen MR) is 91.6 cm³/mol. The molecule has 0 saturated carbocycles. The molecular weight excluding hydrogens is 321 g/mol. The number of aromatic nitrogens is 4. The molecule has 6 nitrogen and oxygen atoms in total. The van der Waals surface area contributed by atoms with E-state index in [2.05, 4.69) is 27.1 Å². The van der Waals surface area contributed by atoms with Crippen molar-refractivity contribution in [2.24, 2.45) is 0 Å². The SMILES string of the molecule is CCCc1[nH]ncc1C(=O)N1CCCC1c1nc2ccc(F)cc2[nH]1. The van der Waals surface area contributed by atoms with Crippen molar-refractivity contribution < 1.29 is 9.18 Å². The molecule has 1 aliphatic rings. The largest absolute Gasteiger partial charge is 0.340 e. The summed E-state index contributed by atoms with van der Waals surface area (Å²) in [5.41, 5.74) is 2.88. The van der Waals surface area contributed by atoms with Gasteiger partial charge in [0.15, 0.2) is 0 Å². The van der Waals surface area contributed by atoms with Crippen molar-refractivity contribution in [1.29, 1.82) is 0 Å². The zero-order valence-electron chi connectivity index (χ0n) is 14.1. The number of aryl methyl sites for hydroxylation is 1. The normalized spacial score (nSPS) is 17.5. The van der Waals surface area contributed by atoms with E-state index in [1.54, 1.807) is 12.3 Å². The lowest BCUT2D eigenvalue weighted by Crippen LogP contribution is -2.31. The van der Waals surface area contributed by atoms with Gasteiger partial charge in [-0.15, -0.1) is 0 Å². The Bertz CT molecular complexity index is 915. The van der Waals surface area contributed by atoms with Gasteiger partial charge >= 0.3 is 0 Å². The van der Waals surface area contributed by atoms with Gasteiger partial charge in [-0.2, -0.15) is 5.10 Å². The third kappa shape index (κ3) is 2.79. The number of rotatable bonds is 4. The van der Waals surface area contributed by atoms with Crippen LogP contribution in [0.5, 0.6) is 0 Å². The van der Waals surface area contributed by atoms with E-state index in [1.165, 1.54) is 12.1 Å². The number of hydrogen-bond acceptors (Lipinski definition) is 3. The van der Waals surface area contributed by atoms with E-state index in [0.29, 0.717) is 29.0 Å². The van der Waals surface area contributed by atoms with Crippen molar-refractivity contribution in [1.82, 2.24) is 25.1 Å². The molecular formula is C18H20FN5O. The molecule has 1 aromatic carbocycles. The average Bonchev–Trinajstić information content (AvgIpc) is 3.32. The molecule has 2 N–H and O–H groups in total. The van der Waals surface area contributed by atoms with Crippen LogP contribution in [0.4, 0.5) is 4.39 Å². The van der Waals surface area contributed by atoms with Gasteiger partial charge < -0.3 is 9.88 Å². The summed E-state index contributed by atoms with van der Waals surface area (Å²) in [6.07, 6.45) is 5.11. The quantitative estimate of drug-likeness (QED) is 0.764. The minimum atomic E-state index is -0.301. The lowest BCUT2D eigenvalue weighted by atomic mass is 10.1. The summed E-state index contributed by atoms with van der Waals surface area (Å²) < 4.78 is 13.4. The first-order chi connectivity index (χ1) is 12.2. The van der Waals surface area contributed by atoms with Crippen LogP contribution in [-0.4, -0.2) is 37.5 Å². The second-order valence-electron chi connectivity index (χ2n) is 6.45. The number of likely N-dealkylation sites (tertiary alicyclic amines) is 1.